The maximum absolute atomic E-state index is 12.0. The number of nitrogens with one attached hydrogen (secondary N) is 1. The number of aromatic nitrogens is 2. The molecule has 2 heterocycles. The summed E-state index contributed by atoms with van der Waals surface area (Å²) in [7, 11) is 1.75. The number of carbonyl (C=O) groups is 1. The van der Waals surface area contributed by atoms with E-state index in [1.54, 1.807) is 7.11 Å². The van der Waals surface area contributed by atoms with Crippen molar-refractivity contribution in [3.05, 3.63) is 30.0 Å². The summed E-state index contributed by atoms with van der Waals surface area (Å²) in [6.07, 6.45) is 7.43. The summed E-state index contributed by atoms with van der Waals surface area (Å²) in [6.45, 7) is 1.45. The van der Waals surface area contributed by atoms with E-state index < -0.39 is 5.91 Å². The second kappa shape index (κ2) is 8.41. The molecule has 1 aromatic carbocycles. The van der Waals surface area contributed by atoms with Crippen molar-refractivity contribution < 1.29 is 9.53 Å². The molecular weight excluding hydrogens is 354 g/mol. The van der Waals surface area contributed by atoms with Crippen molar-refractivity contribution in [2.24, 2.45) is 5.73 Å². The van der Waals surface area contributed by atoms with Gasteiger partial charge in [0.1, 0.15) is 0 Å². The van der Waals surface area contributed by atoms with Gasteiger partial charge in [-0.15, -0.1) is 0 Å². The van der Waals surface area contributed by atoms with Crippen molar-refractivity contribution in [1.82, 2.24) is 15.3 Å². The van der Waals surface area contributed by atoms with Crippen LogP contribution in [-0.2, 0) is 4.74 Å². The van der Waals surface area contributed by atoms with Gasteiger partial charge >= 0.3 is 0 Å². The van der Waals surface area contributed by atoms with Gasteiger partial charge in [-0.3, -0.25) is 4.79 Å². The lowest BCUT2D eigenvalue weighted by molar-refractivity contribution is 0.0533. The molecule has 1 saturated carbocycles. The number of ether oxygens (including phenoxy) is 1. The van der Waals surface area contributed by atoms with Crippen LogP contribution in [0.5, 0.6) is 0 Å². The molecule has 1 aliphatic heterocycles. The number of rotatable bonds is 5. The summed E-state index contributed by atoms with van der Waals surface area (Å²) in [6, 6.07) is 8.45. The van der Waals surface area contributed by atoms with E-state index in [9.17, 15) is 4.79 Å². The average molecular weight is 383 g/mol. The highest BCUT2D eigenvalue weighted by atomic mass is 16.5. The molecule has 7 heteroatoms. The van der Waals surface area contributed by atoms with Crippen LogP contribution in [-0.4, -0.2) is 54.3 Å². The molecule has 28 heavy (non-hydrogen) atoms. The summed E-state index contributed by atoms with van der Waals surface area (Å²) in [4.78, 5) is 23.3. The Kier molecular flexibility index (Phi) is 5.73. The van der Waals surface area contributed by atoms with Crippen molar-refractivity contribution in [2.45, 2.75) is 56.7 Å². The van der Waals surface area contributed by atoms with Crippen molar-refractivity contribution in [3.63, 3.8) is 0 Å². The number of fused-ring (bicyclic) bond motifs is 1. The minimum absolute atomic E-state index is 0.0321. The molecule has 2 aromatic rings. The van der Waals surface area contributed by atoms with Crippen LogP contribution in [0.15, 0.2) is 24.3 Å². The fourth-order valence-electron chi connectivity index (χ4n) is 4.49. The average Bonchev–Trinajstić information content (AvgIpc) is 2.73. The highest BCUT2D eigenvalue weighted by molar-refractivity contribution is 5.98. The van der Waals surface area contributed by atoms with E-state index in [1.165, 1.54) is 32.1 Å². The predicted octanol–water partition coefficient (Wildman–Crippen LogP) is 2.24. The Morgan fingerprint density at radius 3 is 2.54 bits per heavy atom. The zero-order chi connectivity index (χ0) is 19.5. The molecule has 7 nitrogen and oxygen atoms in total. The van der Waals surface area contributed by atoms with Crippen molar-refractivity contribution in [1.29, 1.82) is 0 Å². The van der Waals surface area contributed by atoms with Gasteiger partial charge in [-0.1, -0.05) is 31.4 Å². The molecule has 2 unspecified atom stereocenters. The fraction of sp³-hybridized carbons (Fsp3) is 0.571. The predicted molar refractivity (Wildman–Crippen MR) is 109 cm³/mol. The van der Waals surface area contributed by atoms with Crippen LogP contribution in [0.25, 0.3) is 11.0 Å². The molecule has 2 fully saturated rings. The van der Waals surface area contributed by atoms with Crippen LogP contribution in [0.1, 0.15) is 49.0 Å². The van der Waals surface area contributed by atoms with Gasteiger partial charge in [0.25, 0.3) is 5.91 Å². The summed E-state index contributed by atoms with van der Waals surface area (Å²) in [5.41, 5.74) is 7.29. The maximum Gasteiger partial charge on any atom is 0.271 e. The molecule has 3 N–H and O–H groups in total. The number of anilines is 1. The first-order valence-corrected chi connectivity index (χ1v) is 10.3. The Morgan fingerprint density at radius 1 is 1.14 bits per heavy atom. The third-order valence-corrected chi connectivity index (χ3v) is 6.00. The lowest BCUT2D eigenvalue weighted by Crippen LogP contribution is -2.56. The Bertz CT molecular complexity index is 837. The Balaban J connectivity index is 1.55. The van der Waals surface area contributed by atoms with E-state index in [4.69, 9.17) is 15.5 Å². The molecule has 1 aromatic heterocycles. The highest BCUT2D eigenvalue weighted by Crippen LogP contribution is 2.26. The van der Waals surface area contributed by atoms with Crippen LogP contribution in [0.4, 0.5) is 5.82 Å². The topological polar surface area (TPSA) is 93.4 Å². The largest absolute Gasteiger partial charge is 0.378 e. The van der Waals surface area contributed by atoms with E-state index in [1.807, 2.05) is 24.3 Å². The normalized spacial score (nSPS) is 23.8. The van der Waals surface area contributed by atoms with E-state index >= 15 is 0 Å². The molecule has 1 amide bonds. The number of primary amides is 1. The number of nitrogens with zero attached hydrogens (tertiary/aromatic N) is 3. The zero-order valence-electron chi connectivity index (χ0n) is 16.4. The molecule has 1 aliphatic carbocycles. The first-order chi connectivity index (χ1) is 13.7. The second-order valence-corrected chi connectivity index (χ2v) is 7.87. The van der Waals surface area contributed by atoms with Crippen molar-refractivity contribution in [2.75, 3.05) is 25.1 Å². The second-order valence-electron chi connectivity index (χ2n) is 7.87. The molecule has 0 spiro atoms. The van der Waals surface area contributed by atoms with Gasteiger partial charge in [0.05, 0.1) is 17.1 Å². The number of hydrogen-bond donors (Lipinski definition) is 2. The molecular formula is C21H29N5O2. The van der Waals surface area contributed by atoms with Crippen LogP contribution in [0, 0.1) is 0 Å². The van der Waals surface area contributed by atoms with Gasteiger partial charge in [-0.05, 0) is 31.4 Å². The molecule has 0 bridgehead atoms. The van der Waals surface area contributed by atoms with Crippen LogP contribution >= 0.6 is 0 Å². The summed E-state index contributed by atoms with van der Waals surface area (Å²) < 4.78 is 5.82. The minimum Gasteiger partial charge on any atom is -0.378 e. The van der Waals surface area contributed by atoms with Crippen molar-refractivity contribution >= 4 is 22.8 Å². The molecule has 1 saturated heterocycles. The van der Waals surface area contributed by atoms with Gasteiger partial charge in [-0.2, -0.15) is 0 Å². The lowest BCUT2D eigenvalue weighted by Gasteiger charge is -2.41. The number of nitrogens with two attached hydrogens (primary N) is 1. The number of benzene rings is 1. The number of para-hydroxylation sites is 2. The smallest absolute Gasteiger partial charge is 0.271 e. The number of piperidine rings is 1. The summed E-state index contributed by atoms with van der Waals surface area (Å²) in [5, 5.41) is 3.82. The minimum atomic E-state index is -0.551. The Hall–Kier alpha value is -2.25. The molecule has 0 radical (unpaired) electrons. The first kappa shape index (κ1) is 19.1. The Morgan fingerprint density at radius 2 is 1.86 bits per heavy atom. The number of carbonyl (C=O) groups excluding carboxylic acids is 1. The first-order valence-electron chi connectivity index (χ1n) is 10.3. The van der Waals surface area contributed by atoms with Crippen molar-refractivity contribution in [3.8, 4) is 0 Å². The lowest BCUT2D eigenvalue weighted by atomic mass is 9.92. The third-order valence-electron chi connectivity index (χ3n) is 6.00. The van der Waals surface area contributed by atoms with Crippen LogP contribution in [0.2, 0.25) is 0 Å². The molecule has 2 atom stereocenters. The Labute approximate surface area is 165 Å². The number of amides is 1. The third kappa shape index (κ3) is 3.95. The quantitative estimate of drug-likeness (QED) is 0.823. The van der Waals surface area contributed by atoms with Gasteiger partial charge in [-0.25, -0.2) is 9.97 Å². The van der Waals surface area contributed by atoms with E-state index in [0.717, 1.165) is 18.5 Å². The van der Waals surface area contributed by atoms with Crippen LogP contribution in [0.3, 0.4) is 0 Å². The zero-order valence-corrected chi connectivity index (χ0v) is 16.4. The van der Waals surface area contributed by atoms with Gasteiger partial charge in [0, 0.05) is 32.3 Å². The highest BCUT2D eigenvalue weighted by Gasteiger charge is 2.33. The van der Waals surface area contributed by atoms with E-state index in [2.05, 4.69) is 15.2 Å². The van der Waals surface area contributed by atoms with E-state index in [-0.39, 0.29) is 11.8 Å². The SMILES string of the molecule is COC1CN(c2nc3ccccc3nc2C(N)=O)CCC1NC1CCCCC1. The van der Waals surface area contributed by atoms with Gasteiger partial charge in [0.15, 0.2) is 11.5 Å². The van der Waals surface area contributed by atoms with E-state index in [0.29, 0.717) is 30.0 Å². The monoisotopic (exact) mass is 383 g/mol. The summed E-state index contributed by atoms with van der Waals surface area (Å²) >= 11 is 0. The number of methoxy groups -OCH3 is 1. The van der Waals surface area contributed by atoms with Crippen LogP contribution < -0.4 is 16.0 Å². The molecule has 150 valence electrons. The number of hydrogen-bond acceptors (Lipinski definition) is 6. The fourth-order valence-corrected chi connectivity index (χ4v) is 4.49. The summed E-state index contributed by atoms with van der Waals surface area (Å²) in [5.74, 6) is 0.00837. The molecule has 2 aliphatic rings. The molecule has 4 rings (SSSR count). The van der Waals surface area contributed by atoms with Gasteiger partial charge in [0.2, 0.25) is 0 Å². The standard InChI is InChI=1S/C21H29N5O2/c1-28-18-13-26(12-11-17(18)23-14-7-3-2-4-8-14)21-19(20(22)27)24-15-9-5-6-10-16(15)25-21/h5-6,9-10,14,17-18,23H,2-4,7-8,11-13H2,1H3,(H2,22,27). The maximum atomic E-state index is 12.0. The van der Waals surface area contributed by atoms with Gasteiger partial charge < -0.3 is 20.7 Å².